The molecule has 0 fully saturated rings. The topological polar surface area (TPSA) is 93.5 Å². The van der Waals surface area contributed by atoms with Crippen molar-refractivity contribution in [2.45, 2.75) is 20.0 Å². The zero-order chi connectivity index (χ0) is 24.6. The Morgan fingerprint density at radius 3 is 2.51 bits per heavy atom. The minimum atomic E-state index is -0.376. The second kappa shape index (κ2) is 11.4. The van der Waals surface area contributed by atoms with Crippen LogP contribution in [-0.4, -0.2) is 55.3 Å². The molecular weight excluding hydrogens is 450 g/mol. The Kier molecular flexibility index (Phi) is 7.89. The molecular formula is C26H29N3O6. The number of hydrogen-bond donors (Lipinski definition) is 1. The van der Waals surface area contributed by atoms with Crippen molar-refractivity contribution >= 4 is 17.6 Å². The summed E-state index contributed by atoms with van der Waals surface area (Å²) in [6.07, 6.45) is 0. The lowest BCUT2D eigenvalue weighted by Gasteiger charge is -2.27. The zero-order valence-electron chi connectivity index (χ0n) is 19.9. The molecule has 3 aromatic rings. The normalized spacial score (nSPS) is 11.8. The SMILES string of the molecule is COCCN(CC(=O)N(Cc1ccc2c(c1)OCO2)Cc1ccc(C)o1)C(=O)Nc1ccccc1. The lowest BCUT2D eigenvalue weighted by atomic mass is 10.2. The van der Waals surface area contributed by atoms with E-state index in [2.05, 4.69) is 5.32 Å². The van der Waals surface area contributed by atoms with E-state index in [-0.39, 0.29) is 38.4 Å². The van der Waals surface area contributed by atoms with Crippen LogP contribution < -0.4 is 14.8 Å². The lowest BCUT2D eigenvalue weighted by Crippen LogP contribution is -2.45. The number of carbonyl (C=O) groups excluding carboxylic acids is 2. The smallest absolute Gasteiger partial charge is 0.322 e. The molecule has 0 atom stereocenters. The second-order valence-electron chi connectivity index (χ2n) is 8.16. The molecule has 0 aliphatic carbocycles. The summed E-state index contributed by atoms with van der Waals surface area (Å²) in [6.45, 7) is 3.05. The van der Waals surface area contributed by atoms with Gasteiger partial charge in [-0.3, -0.25) is 4.79 Å². The first kappa shape index (κ1) is 24.2. The van der Waals surface area contributed by atoms with E-state index >= 15 is 0 Å². The Hall–Kier alpha value is -3.98. The summed E-state index contributed by atoms with van der Waals surface area (Å²) in [7, 11) is 1.56. The van der Waals surface area contributed by atoms with Crippen LogP contribution in [0.15, 0.2) is 65.1 Å². The molecule has 1 aliphatic heterocycles. The third-order valence-corrected chi connectivity index (χ3v) is 5.51. The van der Waals surface area contributed by atoms with Gasteiger partial charge >= 0.3 is 6.03 Å². The molecule has 3 amide bonds. The molecule has 0 spiro atoms. The summed E-state index contributed by atoms with van der Waals surface area (Å²) in [5.74, 6) is 2.52. The van der Waals surface area contributed by atoms with E-state index in [9.17, 15) is 9.59 Å². The Bertz CT molecular complexity index is 1150. The average molecular weight is 480 g/mol. The van der Waals surface area contributed by atoms with Gasteiger partial charge in [-0.05, 0) is 48.9 Å². The second-order valence-corrected chi connectivity index (χ2v) is 8.16. The first-order valence-corrected chi connectivity index (χ1v) is 11.3. The molecule has 2 heterocycles. The van der Waals surface area contributed by atoms with Crippen molar-refractivity contribution in [3.05, 3.63) is 77.7 Å². The van der Waals surface area contributed by atoms with Gasteiger partial charge in [-0.1, -0.05) is 24.3 Å². The molecule has 0 radical (unpaired) electrons. The van der Waals surface area contributed by atoms with Crippen LogP contribution in [0.5, 0.6) is 11.5 Å². The van der Waals surface area contributed by atoms with E-state index in [0.29, 0.717) is 36.1 Å². The number of rotatable bonds is 10. The summed E-state index contributed by atoms with van der Waals surface area (Å²) >= 11 is 0. The van der Waals surface area contributed by atoms with Gasteiger partial charge in [-0.2, -0.15) is 0 Å². The van der Waals surface area contributed by atoms with Gasteiger partial charge in [0.2, 0.25) is 12.7 Å². The fourth-order valence-corrected chi connectivity index (χ4v) is 3.69. The molecule has 1 aromatic heterocycles. The van der Waals surface area contributed by atoms with Crippen LogP contribution in [0.2, 0.25) is 0 Å². The Balaban J connectivity index is 1.50. The number of anilines is 1. The maximum atomic E-state index is 13.5. The minimum absolute atomic E-state index is 0.119. The number of furan rings is 1. The molecule has 0 unspecified atom stereocenters. The summed E-state index contributed by atoms with van der Waals surface area (Å²) in [5.41, 5.74) is 1.53. The first-order chi connectivity index (χ1) is 17.0. The number of fused-ring (bicyclic) bond motifs is 1. The number of methoxy groups -OCH3 is 1. The third kappa shape index (κ3) is 6.54. The van der Waals surface area contributed by atoms with Crippen molar-refractivity contribution in [1.29, 1.82) is 0 Å². The van der Waals surface area contributed by atoms with Crippen molar-refractivity contribution in [1.82, 2.24) is 9.80 Å². The van der Waals surface area contributed by atoms with E-state index in [1.807, 2.05) is 55.5 Å². The van der Waals surface area contributed by atoms with E-state index in [4.69, 9.17) is 18.6 Å². The van der Waals surface area contributed by atoms with Crippen LogP contribution >= 0.6 is 0 Å². The lowest BCUT2D eigenvalue weighted by molar-refractivity contribution is -0.133. The van der Waals surface area contributed by atoms with Crippen LogP contribution in [0.1, 0.15) is 17.1 Å². The van der Waals surface area contributed by atoms with Gasteiger partial charge in [-0.25, -0.2) is 4.79 Å². The molecule has 0 saturated heterocycles. The largest absolute Gasteiger partial charge is 0.464 e. The number of nitrogens with zero attached hydrogens (tertiary/aromatic N) is 2. The molecule has 184 valence electrons. The number of carbonyl (C=O) groups is 2. The summed E-state index contributed by atoms with van der Waals surface area (Å²) in [5, 5.41) is 2.84. The molecule has 35 heavy (non-hydrogen) atoms. The summed E-state index contributed by atoms with van der Waals surface area (Å²) in [4.78, 5) is 29.6. The number of para-hydroxylation sites is 1. The number of benzene rings is 2. The molecule has 1 aliphatic rings. The first-order valence-electron chi connectivity index (χ1n) is 11.3. The maximum absolute atomic E-state index is 13.5. The van der Waals surface area contributed by atoms with Crippen molar-refractivity contribution in [2.75, 3.05) is 38.9 Å². The van der Waals surface area contributed by atoms with E-state index < -0.39 is 0 Å². The molecule has 2 aromatic carbocycles. The van der Waals surface area contributed by atoms with E-state index in [1.54, 1.807) is 24.1 Å². The van der Waals surface area contributed by atoms with Gasteiger partial charge in [0.05, 0.1) is 13.2 Å². The fourth-order valence-electron chi connectivity index (χ4n) is 3.69. The molecule has 1 N–H and O–H groups in total. The molecule has 9 heteroatoms. The van der Waals surface area contributed by atoms with Crippen LogP contribution in [0.25, 0.3) is 0 Å². The third-order valence-electron chi connectivity index (χ3n) is 5.51. The Morgan fingerprint density at radius 2 is 1.77 bits per heavy atom. The van der Waals surface area contributed by atoms with Crippen LogP contribution in [0, 0.1) is 6.92 Å². The number of amides is 3. The van der Waals surface area contributed by atoms with E-state index in [1.165, 1.54) is 4.90 Å². The Morgan fingerprint density at radius 1 is 0.971 bits per heavy atom. The highest BCUT2D eigenvalue weighted by molar-refractivity contribution is 5.92. The summed E-state index contributed by atoms with van der Waals surface area (Å²) in [6, 6.07) is 18.0. The Labute approximate surface area is 204 Å². The van der Waals surface area contributed by atoms with Crippen LogP contribution in [0.3, 0.4) is 0 Å². The maximum Gasteiger partial charge on any atom is 0.322 e. The predicted molar refractivity (Wildman–Crippen MR) is 129 cm³/mol. The van der Waals surface area contributed by atoms with Crippen LogP contribution in [0.4, 0.5) is 10.5 Å². The number of urea groups is 1. The van der Waals surface area contributed by atoms with Gasteiger partial charge in [0, 0.05) is 25.9 Å². The zero-order valence-corrected chi connectivity index (χ0v) is 19.9. The fraction of sp³-hybridized carbons (Fsp3) is 0.308. The predicted octanol–water partition coefficient (Wildman–Crippen LogP) is 4.03. The number of nitrogens with one attached hydrogen (secondary N) is 1. The highest BCUT2D eigenvalue weighted by Crippen LogP contribution is 2.33. The monoisotopic (exact) mass is 479 g/mol. The number of hydrogen-bond acceptors (Lipinski definition) is 6. The van der Waals surface area contributed by atoms with Gasteiger partial charge in [0.15, 0.2) is 11.5 Å². The molecule has 9 nitrogen and oxygen atoms in total. The van der Waals surface area contributed by atoms with Gasteiger partial charge in [0.25, 0.3) is 0 Å². The highest BCUT2D eigenvalue weighted by Gasteiger charge is 2.24. The van der Waals surface area contributed by atoms with Gasteiger partial charge < -0.3 is 33.7 Å². The van der Waals surface area contributed by atoms with E-state index in [0.717, 1.165) is 11.3 Å². The van der Waals surface area contributed by atoms with Crippen molar-refractivity contribution < 1.29 is 28.2 Å². The highest BCUT2D eigenvalue weighted by atomic mass is 16.7. The number of ether oxygens (including phenoxy) is 3. The molecule has 0 bridgehead atoms. The minimum Gasteiger partial charge on any atom is -0.464 e. The van der Waals surface area contributed by atoms with Gasteiger partial charge in [-0.15, -0.1) is 0 Å². The quantitative estimate of drug-likeness (QED) is 0.472. The molecule has 4 rings (SSSR count). The van der Waals surface area contributed by atoms with Crippen molar-refractivity contribution in [3.63, 3.8) is 0 Å². The van der Waals surface area contributed by atoms with Crippen LogP contribution in [-0.2, 0) is 22.6 Å². The number of aryl methyl sites for hydroxylation is 1. The van der Waals surface area contributed by atoms with Crippen molar-refractivity contribution in [3.8, 4) is 11.5 Å². The van der Waals surface area contributed by atoms with Gasteiger partial charge in [0.1, 0.15) is 18.1 Å². The summed E-state index contributed by atoms with van der Waals surface area (Å²) < 4.78 is 21.8. The average Bonchev–Trinajstić information content (AvgIpc) is 3.50. The molecule has 0 saturated carbocycles. The standard InChI is InChI=1S/C26H29N3O6/c1-19-8-10-22(35-19)16-29(15-20-9-11-23-24(14-20)34-18-33-23)25(30)17-28(12-13-32-2)26(31)27-21-6-4-3-5-7-21/h3-11,14H,12-13,15-18H2,1-2H3,(H,27,31). The van der Waals surface area contributed by atoms with Crippen molar-refractivity contribution in [2.24, 2.45) is 0 Å².